The van der Waals surface area contributed by atoms with Gasteiger partial charge in [0.2, 0.25) is 0 Å². The van der Waals surface area contributed by atoms with Crippen molar-refractivity contribution in [3.63, 3.8) is 0 Å². The molecule has 0 saturated carbocycles. The van der Waals surface area contributed by atoms with E-state index in [4.69, 9.17) is 5.21 Å². The fraction of sp³-hybridized carbons (Fsp3) is 0.273. The molecule has 1 amide bonds. The van der Waals surface area contributed by atoms with Crippen molar-refractivity contribution in [3.05, 3.63) is 35.4 Å². The number of aliphatic imine (C=N–C) groups is 1. The Morgan fingerprint density at radius 3 is 2.81 bits per heavy atom. The number of hydrogen-bond acceptors (Lipinski definition) is 4. The number of rotatable bonds is 2. The van der Waals surface area contributed by atoms with Crippen molar-refractivity contribution < 1.29 is 10.0 Å². The summed E-state index contributed by atoms with van der Waals surface area (Å²) in [6.07, 6.45) is 0. The molecule has 0 aliphatic carbocycles. The van der Waals surface area contributed by atoms with E-state index in [0.29, 0.717) is 5.75 Å². The normalized spacial score (nSPS) is 19.4. The van der Waals surface area contributed by atoms with Crippen molar-refractivity contribution in [1.29, 1.82) is 0 Å². The summed E-state index contributed by atoms with van der Waals surface area (Å²) in [6.45, 7) is 2.02. The minimum Gasteiger partial charge on any atom is -0.289 e. The van der Waals surface area contributed by atoms with Crippen molar-refractivity contribution >= 4 is 22.7 Å². The second kappa shape index (κ2) is 4.67. The van der Waals surface area contributed by atoms with Crippen LogP contribution in [0.4, 0.5) is 0 Å². The molecule has 1 heterocycles. The topological polar surface area (TPSA) is 61.7 Å². The van der Waals surface area contributed by atoms with Crippen LogP contribution in [0, 0.1) is 6.92 Å². The van der Waals surface area contributed by atoms with E-state index in [9.17, 15) is 4.79 Å². The van der Waals surface area contributed by atoms with Crippen molar-refractivity contribution in [2.45, 2.75) is 13.0 Å². The predicted octanol–water partition coefficient (Wildman–Crippen LogP) is 1.36. The maximum Gasteiger partial charge on any atom is 0.269 e. The number of hydrogen-bond donors (Lipinski definition) is 2. The lowest BCUT2D eigenvalue weighted by atomic mass is 10.2. The Morgan fingerprint density at radius 1 is 1.50 bits per heavy atom. The van der Waals surface area contributed by atoms with Gasteiger partial charge in [0.05, 0.1) is 5.04 Å². The van der Waals surface area contributed by atoms with E-state index in [-0.39, 0.29) is 0 Å². The second-order valence-corrected chi connectivity index (χ2v) is 4.61. The van der Waals surface area contributed by atoms with Crippen LogP contribution in [0.1, 0.15) is 11.1 Å². The van der Waals surface area contributed by atoms with Gasteiger partial charge in [0.25, 0.3) is 5.91 Å². The summed E-state index contributed by atoms with van der Waals surface area (Å²) < 4.78 is 0. The van der Waals surface area contributed by atoms with Crippen molar-refractivity contribution in [3.8, 4) is 0 Å². The minimum atomic E-state index is -0.480. The molecule has 0 radical (unpaired) electrons. The number of aryl methyl sites for hydroxylation is 1. The smallest absolute Gasteiger partial charge is 0.269 e. The molecule has 0 spiro atoms. The average molecular weight is 236 g/mol. The molecule has 4 nitrogen and oxygen atoms in total. The Balaban J connectivity index is 2.17. The molecule has 2 rings (SSSR count). The first kappa shape index (κ1) is 11.2. The van der Waals surface area contributed by atoms with Crippen LogP contribution in [0.2, 0.25) is 0 Å². The molecule has 1 atom stereocenters. The highest BCUT2D eigenvalue weighted by atomic mass is 32.2. The van der Waals surface area contributed by atoms with Gasteiger partial charge in [-0.1, -0.05) is 29.8 Å². The Labute approximate surface area is 97.7 Å². The highest BCUT2D eigenvalue weighted by Gasteiger charge is 2.25. The molecule has 2 N–H and O–H groups in total. The molecule has 5 heteroatoms. The van der Waals surface area contributed by atoms with Crippen molar-refractivity contribution in [1.82, 2.24) is 5.48 Å². The van der Waals surface area contributed by atoms with Gasteiger partial charge in [-0.2, -0.15) is 0 Å². The fourth-order valence-electron chi connectivity index (χ4n) is 1.44. The van der Waals surface area contributed by atoms with E-state index in [2.05, 4.69) is 4.99 Å². The number of nitrogens with zero attached hydrogens (tertiary/aromatic N) is 1. The van der Waals surface area contributed by atoms with Crippen molar-refractivity contribution in [2.24, 2.45) is 4.99 Å². The Bertz CT molecular complexity index is 428. The summed E-state index contributed by atoms with van der Waals surface area (Å²) in [4.78, 5) is 15.4. The number of benzene rings is 1. The lowest BCUT2D eigenvalue weighted by Gasteiger charge is -2.00. The average Bonchev–Trinajstić information content (AvgIpc) is 2.78. The van der Waals surface area contributed by atoms with Gasteiger partial charge in [-0.3, -0.25) is 15.0 Å². The first-order chi connectivity index (χ1) is 7.70. The zero-order chi connectivity index (χ0) is 11.5. The monoisotopic (exact) mass is 236 g/mol. The van der Waals surface area contributed by atoms with E-state index in [1.807, 2.05) is 31.2 Å². The highest BCUT2D eigenvalue weighted by molar-refractivity contribution is 8.14. The molecule has 0 fully saturated rings. The molecule has 0 bridgehead atoms. The van der Waals surface area contributed by atoms with Crippen LogP contribution in [0.15, 0.2) is 29.3 Å². The van der Waals surface area contributed by atoms with Gasteiger partial charge in [-0.15, -0.1) is 11.8 Å². The summed E-state index contributed by atoms with van der Waals surface area (Å²) in [7, 11) is 0. The quantitative estimate of drug-likeness (QED) is 0.602. The largest absolute Gasteiger partial charge is 0.289 e. The summed E-state index contributed by atoms with van der Waals surface area (Å²) in [6, 6.07) is 7.52. The second-order valence-electron chi connectivity index (χ2n) is 3.60. The lowest BCUT2D eigenvalue weighted by Crippen LogP contribution is -2.31. The molecule has 84 valence electrons. The van der Waals surface area contributed by atoms with Gasteiger partial charge in [0.15, 0.2) is 0 Å². The SMILES string of the molecule is Cc1ccc(C2=N[C@H](C(=O)NO)CS2)cc1. The summed E-state index contributed by atoms with van der Waals surface area (Å²) in [5.41, 5.74) is 3.84. The van der Waals surface area contributed by atoms with Crippen LogP contribution < -0.4 is 5.48 Å². The maximum absolute atomic E-state index is 11.2. The third-order valence-electron chi connectivity index (χ3n) is 2.36. The Morgan fingerprint density at radius 2 is 2.19 bits per heavy atom. The number of carbonyl (C=O) groups excluding carboxylic acids is 1. The van der Waals surface area contributed by atoms with Crippen LogP contribution in [-0.4, -0.2) is 28.0 Å². The van der Waals surface area contributed by atoms with Crippen LogP contribution in [-0.2, 0) is 4.79 Å². The molecule has 1 aromatic carbocycles. The zero-order valence-electron chi connectivity index (χ0n) is 8.80. The molecule has 16 heavy (non-hydrogen) atoms. The molecule has 1 aromatic rings. The van der Waals surface area contributed by atoms with E-state index in [0.717, 1.165) is 10.6 Å². The van der Waals surface area contributed by atoms with Gasteiger partial charge >= 0.3 is 0 Å². The maximum atomic E-state index is 11.2. The number of hydroxylamine groups is 1. The van der Waals surface area contributed by atoms with Gasteiger partial charge < -0.3 is 0 Å². The Kier molecular flexibility index (Phi) is 3.26. The van der Waals surface area contributed by atoms with Gasteiger partial charge in [-0.25, -0.2) is 5.48 Å². The molecular formula is C11H12N2O2S. The number of nitrogens with one attached hydrogen (secondary N) is 1. The number of carbonyl (C=O) groups is 1. The predicted molar refractivity (Wildman–Crippen MR) is 63.9 cm³/mol. The molecular weight excluding hydrogens is 224 g/mol. The van der Waals surface area contributed by atoms with Gasteiger partial charge in [0, 0.05) is 11.3 Å². The van der Waals surface area contributed by atoms with Crippen LogP contribution in [0.3, 0.4) is 0 Å². The first-order valence-electron chi connectivity index (χ1n) is 4.92. The Hall–Kier alpha value is -1.33. The van der Waals surface area contributed by atoms with Gasteiger partial charge in [-0.05, 0) is 6.92 Å². The van der Waals surface area contributed by atoms with Crippen LogP contribution in [0.5, 0.6) is 0 Å². The third kappa shape index (κ3) is 2.25. The minimum absolute atomic E-state index is 0.449. The molecule has 1 aliphatic rings. The van der Waals surface area contributed by atoms with E-state index >= 15 is 0 Å². The summed E-state index contributed by atoms with van der Waals surface area (Å²) >= 11 is 1.53. The molecule has 0 saturated heterocycles. The fourth-order valence-corrected chi connectivity index (χ4v) is 2.48. The molecule has 0 unspecified atom stereocenters. The number of thioether (sulfide) groups is 1. The van der Waals surface area contributed by atoms with E-state index in [1.54, 1.807) is 5.48 Å². The van der Waals surface area contributed by atoms with Crippen LogP contribution >= 0.6 is 11.8 Å². The molecule has 0 aromatic heterocycles. The summed E-state index contributed by atoms with van der Waals surface area (Å²) in [5, 5.41) is 9.37. The van der Waals surface area contributed by atoms with E-state index in [1.165, 1.54) is 17.3 Å². The lowest BCUT2D eigenvalue weighted by molar-refractivity contribution is -0.129. The van der Waals surface area contributed by atoms with Crippen LogP contribution in [0.25, 0.3) is 0 Å². The summed E-state index contributed by atoms with van der Waals surface area (Å²) in [5.74, 6) is 0.130. The standard InChI is InChI=1S/C11H12N2O2S/c1-7-2-4-8(5-3-7)11-12-9(6-16-11)10(14)13-15/h2-5,9,15H,6H2,1H3,(H,13,14)/t9-/m0/s1. The number of amides is 1. The highest BCUT2D eigenvalue weighted by Crippen LogP contribution is 2.23. The zero-order valence-corrected chi connectivity index (χ0v) is 9.62. The van der Waals surface area contributed by atoms with E-state index < -0.39 is 11.9 Å². The third-order valence-corrected chi connectivity index (χ3v) is 3.46. The van der Waals surface area contributed by atoms with Crippen molar-refractivity contribution in [2.75, 3.05) is 5.75 Å². The molecule has 1 aliphatic heterocycles. The first-order valence-corrected chi connectivity index (χ1v) is 5.91. The van der Waals surface area contributed by atoms with Gasteiger partial charge in [0.1, 0.15) is 6.04 Å².